The Morgan fingerprint density at radius 2 is 1.93 bits per heavy atom. The van der Waals surface area contributed by atoms with E-state index >= 15 is 0 Å². The third-order valence-electron chi connectivity index (χ3n) is 2.43. The van der Waals surface area contributed by atoms with Crippen LogP contribution in [0.1, 0.15) is 19.3 Å². The van der Waals surface area contributed by atoms with Crippen molar-refractivity contribution in [3.8, 4) is 0 Å². The lowest BCUT2D eigenvalue weighted by molar-refractivity contribution is -0.626. The second kappa shape index (κ2) is 4.75. The largest absolute Gasteiger partial charge is 0.295 e. The van der Waals surface area contributed by atoms with Crippen molar-refractivity contribution in [3.63, 3.8) is 0 Å². The topological polar surface area (TPSA) is 45.7 Å². The van der Waals surface area contributed by atoms with Gasteiger partial charge in [0, 0.05) is 24.6 Å². The van der Waals surface area contributed by atoms with E-state index in [2.05, 4.69) is 5.43 Å². The molecule has 1 aliphatic carbocycles. The smallest absolute Gasteiger partial charge is 0.157 e. The zero-order chi connectivity index (χ0) is 10.5. The number of hydrogen-bond donors (Lipinski definition) is 2. The van der Waals surface area contributed by atoms with Crippen molar-refractivity contribution in [2.45, 2.75) is 19.3 Å². The normalized spacial score (nSPS) is 16.0. The molecule has 0 atom stereocenters. The van der Waals surface area contributed by atoms with E-state index in [9.17, 15) is 4.79 Å². The number of quaternary nitrogens is 1. The number of nitrogens with one attached hydrogen (secondary N) is 1. The third-order valence-corrected chi connectivity index (χ3v) is 2.43. The monoisotopic (exact) mass is 203 g/mol. The summed E-state index contributed by atoms with van der Waals surface area (Å²) in [4.78, 5) is 11.2. The van der Waals surface area contributed by atoms with E-state index in [1.807, 2.05) is 35.8 Å². The first-order valence-corrected chi connectivity index (χ1v) is 5.23. The summed E-state index contributed by atoms with van der Waals surface area (Å²) in [7, 11) is 0. The highest BCUT2D eigenvalue weighted by Crippen LogP contribution is 2.11. The van der Waals surface area contributed by atoms with Crippen LogP contribution in [0, 0.1) is 0 Å². The minimum absolute atomic E-state index is 0.227. The Bertz CT molecular complexity index is 370. The summed E-state index contributed by atoms with van der Waals surface area (Å²) in [5.41, 5.74) is 7.26. The minimum Gasteiger partial charge on any atom is -0.295 e. The van der Waals surface area contributed by atoms with Crippen LogP contribution in [0.2, 0.25) is 0 Å². The lowest BCUT2D eigenvalue weighted by Crippen LogP contribution is -2.87. The third kappa shape index (κ3) is 2.92. The molecule has 3 N–H and O–H groups in total. The Balaban J connectivity index is 1.91. The molecule has 0 aliphatic heterocycles. The highest BCUT2D eigenvalue weighted by Gasteiger charge is 2.10. The molecule has 78 valence electrons. The van der Waals surface area contributed by atoms with E-state index in [4.69, 9.17) is 0 Å². The number of allylic oxidation sites excluding steroid dienone is 2. The Morgan fingerprint density at radius 3 is 2.67 bits per heavy atom. The van der Waals surface area contributed by atoms with Gasteiger partial charge < -0.3 is 0 Å². The highest BCUT2D eigenvalue weighted by atomic mass is 16.1. The first-order valence-electron chi connectivity index (χ1n) is 5.23. The van der Waals surface area contributed by atoms with Gasteiger partial charge in [0.25, 0.3) is 0 Å². The molecule has 0 spiro atoms. The van der Waals surface area contributed by atoms with Crippen LogP contribution in [0.25, 0.3) is 0 Å². The fourth-order valence-corrected chi connectivity index (χ4v) is 1.63. The van der Waals surface area contributed by atoms with Crippen molar-refractivity contribution in [1.82, 2.24) is 5.43 Å². The molecular weight excluding hydrogens is 188 g/mol. The molecule has 2 rings (SSSR count). The molecule has 1 aromatic rings. The van der Waals surface area contributed by atoms with E-state index < -0.39 is 0 Å². The summed E-state index contributed by atoms with van der Waals surface area (Å²) in [5, 5.41) is 0. The number of carbonyl (C=O) groups is 1. The average molecular weight is 203 g/mol. The second-order valence-corrected chi connectivity index (χ2v) is 3.69. The Morgan fingerprint density at radius 1 is 1.13 bits per heavy atom. The first kappa shape index (κ1) is 9.93. The Kier molecular flexibility index (Phi) is 3.15. The van der Waals surface area contributed by atoms with Gasteiger partial charge in [0.05, 0.1) is 5.70 Å². The number of hydrogen-bond acceptors (Lipinski definition) is 2. The van der Waals surface area contributed by atoms with Crippen molar-refractivity contribution in [3.05, 3.63) is 42.1 Å². The lowest BCUT2D eigenvalue weighted by Gasteiger charge is -2.12. The summed E-state index contributed by atoms with van der Waals surface area (Å²) < 4.78 is 0. The van der Waals surface area contributed by atoms with Crippen molar-refractivity contribution in [1.29, 1.82) is 0 Å². The van der Waals surface area contributed by atoms with Gasteiger partial charge in [0.2, 0.25) is 0 Å². The highest BCUT2D eigenvalue weighted by molar-refractivity contribution is 5.90. The summed E-state index contributed by atoms with van der Waals surface area (Å²) in [6.07, 6.45) is 4.33. The predicted molar refractivity (Wildman–Crippen MR) is 58.1 cm³/mol. The van der Waals surface area contributed by atoms with Crippen LogP contribution in [0.15, 0.2) is 42.1 Å². The molecular formula is C12H15N2O+. The van der Waals surface area contributed by atoms with Crippen LogP contribution in [0.3, 0.4) is 0 Å². The fraction of sp³-hybridized carbons (Fsp3) is 0.250. The summed E-state index contributed by atoms with van der Waals surface area (Å²) in [6.45, 7) is 0. The van der Waals surface area contributed by atoms with Crippen molar-refractivity contribution < 1.29 is 10.2 Å². The van der Waals surface area contributed by atoms with Crippen LogP contribution < -0.4 is 10.9 Å². The molecule has 0 fully saturated rings. The Hall–Kier alpha value is -1.61. The van der Waals surface area contributed by atoms with Gasteiger partial charge in [-0.2, -0.15) is 0 Å². The number of ketones is 1. The fourth-order valence-electron chi connectivity index (χ4n) is 1.63. The molecule has 15 heavy (non-hydrogen) atoms. The van der Waals surface area contributed by atoms with Gasteiger partial charge in [-0.25, -0.2) is 10.9 Å². The van der Waals surface area contributed by atoms with Crippen molar-refractivity contribution in [2.75, 3.05) is 0 Å². The van der Waals surface area contributed by atoms with Crippen LogP contribution in [0.4, 0.5) is 5.69 Å². The minimum atomic E-state index is 0.227. The maximum atomic E-state index is 11.2. The maximum absolute atomic E-state index is 11.2. The summed E-state index contributed by atoms with van der Waals surface area (Å²) in [6, 6.07) is 10.0. The van der Waals surface area contributed by atoms with E-state index in [0.29, 0.717) is 6.42 Å². The number of benzene rings is 1. The van der Waals surface area contributed by atoms with Crippen molar-refractivity contribution in [2.24, 2.45) is 0 Å². The predicted octanol–water partition coefficient (Wildman–Crippen LogP) is 1.02. The molecule has 0 amide bonds. The van der Waals surface area contributed by atoms with Gasteiger partial charge in [0.1, 0.15) is 0 Å². The van der Waals surface area contributed by atoms with E-state index in [-0.39, 0.29) is 5.78 Å². The number of rotatable bonds is 3. The number of nitrogens with two attached hydrogens (primary N) is 1. The van der Waals surface area contributed by atoms with Gasteiger partial charge in [-0.1, -0.05) is 18.2 Å². The molecule has 3 heteroatoms. The molecule has 0 saturated carbocycles. The summed E-state index contributed by atoms with van der Waals surface area (Å²) >= 11 is 0. The van der Waals surface area contributed by atoms with E-state index in [0.717, 1.165) is 24.2 Å². The van der Waals surface area contributed by atoms with Gasteiger partial charge in [-0.15, -0.1) is 0 Å². The standard InChI is InChI=1S/C12H14N2O/c15-12-8-4-7-11(9-12)14-13-10-5-2-1-3-6-10/h1-3,5-6,9,13-14H,4,7-8H2/p+1. The lowest BCUT2D eigenvalue weighted by atomic mass is 10.0. The number of carbonyl (C=O) groups excluding carboxylic acids is 1. The Labute approximate surface area is 89.2 Å². The quantitative estimate of drug-likeness (QED) is 0.438. The zero-order valence-corrected chi connectivity index (χ0v) is 8.57. The SMILES string of the molecule is O=C1C=C(N[NH2+]c2ccccc2)CCC1. The molecule has 0 heterocycles. The number of para-hydroxylation sites is 1. The zero-order valence-electron chi connectivity index (χ0n) is 8.57. The molecule has 0 radical (unpaired) electrons. The van der Waals surface area contributed by atoms with Crippen LogP contribution in [-0.4, -0.2) is 5.78 Å². The maximum Gasteiger partial charge on any atom is 0.157 e. The van der Waals surface area contributed by atoms with Gasteiger partial charge in [-0.05, 0) is 12.8 Å². The molecule has 0 unspecified atom stereocenters. The van der Waals surface area contributed by atoms with Crippen LogP contribution in [0.5, 0.6) is 0 Å². The molecule has 0 aromatic heterocycles. The molecule has 3 nitrogen and oxygen atoms in total. The average Bonchev–Trinajstić information content (AvgIpc) is 2.28. The molecule has 0 bridgehead atoms. The molecule has 0 saturated heterocycles. The van der Waals surface area contributed by atoms with Crippen molar-refractivity contribution >= 4 is 11.5 Å². The second-order valence-electron chi connectivity index (χ2n) is 3.69. The van der Waals surface area contributed by atoms with Gasteiger partial charge >= 0.3 is 0 Å². The van der Waals surface area contributed by atoms with E-state index in [1.54, 1.807) is 6.08 Å². The molecule has 1 aliphatic rings. The van der Waals surface area contributed by atoms with Crippen LogP contribution in [-0.2, 0) is 4.79 Å². The first-order chi connectivity index (χ1) is 7.34. The van der Waals surface area contributed by atoms with Gasteiger partial charge in [-0.3, -0.25) is 4.79 Å². The van der Waals surface area contributed by atoms with Gasteiger partial charge in [0.15, 0.2) is 11.5 Å². The molecule has 1 aromatic carbocycles. The van der Waals surface area contributed by atoms with Crippen LogP contribution >= 0.6 is 0 Å². The van der Waals surface area contributed by atoms with E-state index in [1.165, 1.54) is 0 Å². The summed E-state index contributed by atoms with van der Waals surface area (Å²) in [5.74, 6) is 0.227.